The summed E-state index contributed by atoms with van der Waals surface area (Å²) >= 11 is 7.00. The van der Waals surface area contributed by atoms with Crippen LogP contribution in [0.5, 0.6) is 5.75 Å². The summed E-state index contributed by atoms with van der Waals surface area (Å²) in [4.78, 5) is 10.8. The molecule has 0 spiro atoms. The molecular weight excluding hydrogens is 665 g/mol. The highest BCUT2D eigenvalue weighted by Crippen LogP contribution is 2.43. The van der Waals surface area contributed by atoms with Crippen LogP contribution in [0, 0.1) is 5.82 Å². The molecular formula is C31H25F6N7OS2. The molecule has 16 heteroatoms. The zero-order chi connectivity index (χ0) is 33.5. The Morgan fingerprint density at radius 2 is 1.79 bits per heavy atom. The van der Waals surface area contributed by atoms with Crippen molar-refractivity contribution in [2.45, 2.75) is 38.1 Å². The molecule has 2 atom stereocenters. The quantitative estimate of drug-likeness (QED) is 0.116. The van der Waals surface area contributed by atoms with E-state index in [1.54, 1.807) is 6.07 Å². The molecule has 3 aromatic carbocycles. The first-order valence-corrected chi connectivity index (χ1v) is 15.5. The van der Waals surface area contributed by atoms with E-state index in [1.165, 1.54) is 47.0 Å². The van der Waals surface area contributed by atoms with Crippen molar-refractivity contribution < 1.29 is 31.1 Å². The zero-order valence-electron chi connectivity index (χ0n) is 24.6. The normalized spacial score (nSPS) is 17.6. The molecule has 0 radical (unpaired) electrons. The minimum absolute atomic E-state index is 0.165. The number of halogens is 6. The number of rotatable bonds is 7. The Labute approximate surface area is 274 Å². The summed E-state index contributed by atoms with van der Waals surface area (Å²) in [6.45, 7) is 4.01. The highest BCUT2D eigenvalue weighted by molar-refractivity contribution is 8.14. The lowest BCUT2D eigenvalue weighted by Gasteiger charge is -2.29. The van der Waals surface area contributed by atoms with Gasteiger partial charge in [-0.2, -0.15) is 26.9 Å². The van der Waals surface area contributed by atoms with Gasteiger partial charge in [-0.3, -0.25) is 10.3 Å². The molecule has 8 nitrogen and oxygen atoms in total. The van der Waals surface area contributed by atoms with Crippen molar-refractivity contribution >= 4 is 39.9 Å². The van der Waals surface area contributed by atoms with Gasteiger partial charge in [0, 0.05) is 29.0 Å². The van der Waals surface area contributed by atoms with Crippen LogP contribution in [-0.4, -0.2) is 43.1 Å². The number of amidine groups is 1. The van der Waals surface area contributed by atoms with Crippen molar-refractivity contribution in [3.63, 3.8) is 0 Å². The summed E-state index contributed by atoms with van der Waals surface area (Å²) < 4.78 is 82.9. The number of hydrazine groups is 1. The van der Waals surface area contributed by atoms with Gasteiger partial charge in [0.05, 0.1) is 11.4 Å². The Morgan fingerprint density at radius 1 is 1.06 bits per heavy atom. The first kappa shape index (κ1) is 32.5. The van der Waals surface area contributed by atoms with Gasteiger partial charge in [-0.15, -0.1) is 5.10 Å². The van der Waals surface area contributed by atoms with E-state index in [-0.39, 0.29) is 22.9 Å². The van der Waals surface area contributed by atoms with Gasteiger partial charge in [0.1, 0.15) is 17.9 Å². The van der Waals surface area contributed by atoms with E-state index < -0.39 is 18.0 Å². The number of alkyl halides is 5. The van der Waals surface area contributed by atoms with Gasteiger partial charge in [0.25, 0.3) is 0 Å². The van der Waals surface area contributed by atoms with Gasteiger partial charge in [-0.1, -0.05) is 55.1 Å². The Hall–Kier alpha value is -4.41. The van der Waals surface area contributed by atoms with E-state index in [4.69, 9.17) is 12.2 Å². The predicted molar refractivity (Wildman–Crippen MR) is 171 cm³/mol. The van der Waals surface area contributed by atoms with Crippen LogP contribution in [0.1, 0.15) is 36.9 Å². The van der Waals surface area contributed by atoms with E-state index >= 15 is 0 Å². The molecule has 1 fully saturated rings. The van der Waals surface area contributed by atoms with Crippen LogP contribution < -0.4 is 20.5 Å². The number of ether oxygens (including phenoxy) is 1. The lowest BCUT2D eigenvalue weighted by Crippen LogP contribution is -2.41. The highest BCUT2D eigenvalue weighted by atomic mass is 32.2. The fraction of sp³-hybridized carbons (Fsp3) is 0.226. The lowest BCUT2D eigenvalue weighted by molar-refractivity contribution is -0.360. The molecule has 6 rings (SSSR count). The topological polar surface area (TPSA) is 79.6 Å². The number of hydrogen-bond donors (Lipinski definition) is 2. The number of aromatic nitrogens is 3. The molecule has 0 aliphatic carbocycles. The molecule has 0 saturated carbocycles. The number of thiocarbonyl (C=S) groups is 1. The standard InChI is InChI=1S/C31H25F6N7OS2/c1-17-13-23-15-47-29(44(23)26-14-21(32)7-12-25(17)26)39-28(46)41-40-18(2)19-3-5-20(6-4-19)27-38-16-43(42-27)22-8-10-24(11-9-22)45-31(36,37)30(33,34)35/h3-14,16-18,40H,15H2,1-2H3,(H,41,46)/b39-29-. The molecule has 2 unspecified atom stereocenters. The molecule has 47 heavy (non-hydrogen) atoms. The van der Waals surface area contributed by atoms with Crippen LogP contribution in [0.15, 0.2) is 89.8 Å². The Morgan fingerprint density at radius 3 is 2.49 bits per heavy atom. The molecule has 2 N–H and O–H groups in total. The van der Waals surface area contributed by atoms with Crippen molar-refractivity contribution in [3.05, 3.63) is 102 Å². The average molecular weight is 690 g/mol. The van der Waals surface area contributed by atoms with Gasteiger partial charge in [0.15, 0.2) is 11.0 Å². The fourth-order valence-corrected chi connectivity index (χ4v) is 6.21. The molecule has 0 amide bonds. The van der Waals surface area contributed by atoms with Gasteiger partial charge >= 0.3 is 12.3 Å². The third kappa shape index (κ3) is 6.84. The third-order valence-corrected chi connectivity index (χ3v) is 8.59. The van der Waals surface area contributed by atoms with Crippen molar-refractivity contribution in [2.75, 3.05) is 10.7 Å². The minimum atomic E-state index is -5.84. The number of fused-ring (bicyclic) bond motifs is 3. The number of thioether (sulfide) groups is 1. The molecule has 1 aromatic heterocycles. The largest absolute Gasteiger partial charge is 0.499 e. The maximum absolute atomic E-state index is 14.1. The molecule has 2 aliphatic rings. The minimum Gasteiger partial charge on any atom is -0.426 e. The van der Waals surface area contributed by atoms with Gasteiger partial charge < -0.3 is 4.74 Å². The second kappa shape index (κ2) is 12.7. The molecule has 3 heterocycles. The summed E-state index contributed by atoms with van der Waals surface area (Å²) in [5.41, 5.74) is 10.9. The Bertz CT molecular complexity index is 1860. The SMILES string of the molecule is CC1C=C2CS/C(=N\C(=S)NNC(C)c3ccc(-c4ncn(-c5ccc(OC(F)(F)C(F)(F)F)cc5)n4)cc3)N2c2cc(F)ccc21. The van der Waals surface area contributed by atoms with Crippen LogP contribution in [0.25, 0.3) is 17.1 Å². The van der Waals surface area contributed by atoms with Crippen LogP contribution >= 0.6 is 24.0 Å². The van der Waals surface area contributed by atoms with Gasteiger partial charge in [-0.25, -0.2) is 19.5 Å². The fourth-order valence-electron chi connectivity index (χ4n) is 5.01. The zero-order valence-corrected chi connectivity index (χ0v) is 26.2. The average Bonchev–Trinajstić information content (AvgIpc) is 3.67. The Balaban J connectivity index is 1.06. The van der Waals surface area contributed by atoms with E-state index in [1.807, 2.05) is 36.1 Å². The highest BCUT2D eigenvalue weighted by Gasteiger charge is 2.61. The first-order chi connectivity index (χ1) is 22.3. The number of hydrogen-bond acceptors (Lipinski definition) is 6. The van der Waals surface area contributed by atoms with E-state index in [0.29, 0.717) is 28.0 Å². The first-order valence-electron chi connectivity index (χ1n) is 14.1. The molecule has 2 aliphatic heterocycles. The van der Waals surface area contributed by atoms with Crippen molar-refractivity contribution in [2.24, 2.45) is 4.99 Å². The Kier molecular flexibility index (Phi) is 8.76. The summed E-state index contributed by atoms with van der Waals surface area (Å²) in [6, 6.07) is 16.5. The number of nitrogens with zero attached hydrogens (tertiary/aromatic N) is 5. The third-order valence-electron chi connectivity index (χ3n) is 7.42. The van der Waals surface area contributed by atoms with Crippen LogP contribution in [0.3, 0.4) is 0 Å². The smallest absolute Gasteiger partial charge is 0.426 e. The lowest BCUT2D eigenvalue weighted by atomic mass is 9.94. The molecule has 1 saturated heterocycles. The maximum Gasteiger partial charge on any atom is 0.499 e. The monoisotopic (exact) mass is 689 g/mol. The summed E-state index contributed by atoms with van der Waals surface area (Å²) in [7, 11) is 0. The van der Waals surface area contributed by atoms with E-state index in [0.717, 1.165) is 34.6 Å². The second-order valence-corrected chi connectivity index (χ2v) is 12.0. The maximum atomic E-state index is 14.1. The predicted octanol–water partition coefficient (Wildman–Crippen LogP) is 7.66. The van der Waals surface area contributed by atoms with E-state index in [2.05, 4.69) is 43.7 Å². The second-order valence-electron chi connectivity index (χ2n) is 10.7. The van der Waals surface area contributed by atoms with Crippen LogP contribution in [-0.2, 0) is 0 Å². The van der Waals surface area contributed by atoms with Crippen molar-refractivity contribution in [3.8, 4) is 22.8 Å². The number of allylic oxidation sites excluding steroid dienone is 1. The van der Waals surface area contributed by atoms with E-state index in [9.17, 15) is 26.3 Å². The molecule has 4 aromatic rings. The van der Waals surface area contributed by atoms with Crippen molar-refractivity contribution in [1.82, 2.24) is 25.6 Å². The summed E-state index contributed by atoms with van der Waals surface area (Å²) in [6.07, 6.45) is -7.61. The van der Waals surface area contributed by atoms with Gasteiger partial charge in [0.2, 0.25) is 5.11 Å². The number of anilines is 1. The summed E-state index contributed by atoms with van der Waals surface area (Å²) in [5.74, 6) is 0.271. The molecule has 244 valence electrons. The summed E-state index contributed by atoms with van der Waals surface area (Å²) in [5, 5.41) is 5.25. The number of nitrogens with one attached hydrogen (secondary N) is 2. The number of benzene rings is 3. The van der Waals surface area contributed by atoms with Crippen molar-refractivity contribution in [1.29, 1.82) is 0 Å². The van der Waals surface area contributed by atoms with Gasteiger partial charge in [-0.05, 0) is 66.7 Å². The van der Waals surface area contributed by atoms with Crippen LogP contribution in [0.2, 0.25) is 0 Å². The number of aliphatic imine (C=N–C) groups is 1. The van der Waals surface area contributed by atoms with Crippen LogP contribution in [0.4, 0.5) is 32.0 Å². The molecule has 0 bridgehead atoms.